The number of rotatable bonds is 35. The van der Waals surface area contributed by atoms with Crippen molar-refractivity contribution in [1.29, 1.82) is 0 Å². The van der Waals surface area contributed by atoms with Crippen molar-refractivity contribution < 1.29 is 38.7 Å². The molecular formula is C38H76N24O8. The molecule has 6 atom stereocenters. The van der Waals surface area contributed by atoms with Gasteiger partial charge < -0.3 is 100 Å². The van der Waals surface area contributed by atoms with Crippen LogP contribution in [0.4, 0.5) is 0 Å². The summed E-state index contributed by atoms with van der Waals surface area (Å²) < 4.78 is 0. The average Bonchev–Trinajstić information content (AvgIpc) is 3.26. The van der Waals surface area contributed by atoms with E-state index in [1.807, 2.05) is 0 Å². The Morgan fingerprint density at radius 2 is 0.543 bits per heavy atom. The van der Waals surface area contributed by atoms with Crippen LogP contribution in [0.25, 0.3) is 0 Å². The van der Waals surface area contributed by atoms with Gasteiger partial charge in [0.2, 0.25) is 41.4 Å². The number of nitrogens with one attached hydrogen (secondary N) is 6. The van der Waals surface area contributed by atoms with Gasteiger partial charge in [0.05, 0.1) is 0 Å². The molecule has 70 heavy (non-hydrogen) atoms. The summed E-state index contributed by atoms with van der Waals surface area (Å²) in [6.07, 6.45) is -1.11. The molecule has 0 saturated carbocycles. The van der Waals surface area contributed by atoms with Crippen molar-refractivity contribution in [3.63, 3.8) is 0 Å². The van der Waals surface area contributed by atoms with E-state index in [1.54, 1.807) is 0 Å². The number of hydrogen-bond donors (Lipinski definition) is 19. The van der Waals surface area contributed by atoms with Crippen LogP contribution in [0.5, 0.6) is 0 Å². The van der Waals surface area contributed by atoms with Crippen molar-refractivity contribution in [2.45, 2.75) is 120 Å². The van der Waals surface area contributed by atoms with Crippen molar-refractivity contribution in [3.05, 3.63) is 0 Å². The molecule has 0 aliphatic heterocycles. The van der Waals surface area contributed by atoms with Gasteiger partial charge in [0.25, 0.3) is 0 Å². The standard InChI is InChI=1S/C38H76N24O8/c1-20(63)57-27(65)21(8-2-14-51-33(39)40)58-28(66)22(9-3-15-52-34(41)42)59-29(67)23(10-4-16-53-35(43)44)60-30(68)24(11-5-17-54-36(45)46)61-31(69)25(12-6-18-55-37(47)48)62-32(70)26(64)13-7-19-56-38(49)50/h21-26,64H,2-19H2,1H3,(H,58,66)(H,59,67)(H,60,68)(H,61,69)(H,62,70)(H4,39,40,51)(H4,41,42,52)(H4,43,44,53)(H4,45,46,54)(H4,47,48,55)(H4,49,50,56)(H,57,63,65)/t21-,22-,23-,24-,25-,26-/m1/s1. The first kappa shape index (κ1) is 62.1. The Labute approximate surface area is 405 Å². The first-order valence-corrected chi connectivity index (χ1v) is 22.3. The highest BCUT2D eigenvalue weighted by atomic mass is 16.3. The van der Waals surface area contributed by atoms with Crippen LogP contribution in [0.15, 0.2) is 30.0 Å². The molecule has 0 unspecified atom stereocenters. The third kappa shape index (κ3) is 31.1. The first-order valence-electron chi connectivity index (χ1n) is 22.3. The van der Waals surface area contributed by atoms with E-state index < -0.39 is 77.7 Å². The largest absolute Gasteiger partial charge is 0.383 e. The minimum atomic E-state index is -1.57. The Morgan fingerprint density at radius 3 is 0.757 bits per heavy atom. The number of aliphatic hydroxyl groups is 1. The molecule has 0 heterocycles. The quantitative estimate of drug-likeness (QED) is 0.0159. The van der Waals surface area contributed by atoms with Gasteiger partial charge in [-0.1, -0.05) is 0 Å². The van der Waals surface area contributed by atoms with E-state index >= 15 is 0 Å². The summed E-state index contributed by atoms with van der Waals surface area (Å²) in [5.74, 6) is -7.26. The lowest BCUT2D eigenvalue weighted by Gasteiger charge is -2.27. The first-order chi connectivity index (χ1) is 32.9. The summed E-state index contributed by atoms with van der Waals surface area (Å²) in [5.41, 5.74) is 65.3. The maximum absolute atomic E-state index is 14.2. The number of hydrogen-bond acceptors (Lipinski definition) is 14. The van der Waals surface area contributed by atoms with Crippen molar-refractivity contribution in [3.8, 4) is 0 Å². The van der Waals surface area contributed by atoms with Crippen LogP contribution < -0.4 is 101 Å². The van der Waals surface area contributed by atoms with Crippen LogP contribution in [-0.2, 0) is 33.6 Å². The predicted octanol–water partition coefficient (Wildman–Crippen LogP) is -9.24. The summed E-state index contributed by atoms with van der Waals surface area (Å²) in [4.78, 5) is 118. The van der Waals surface area contributed by atoms with E-state index in [0.717, 1.165) is 6.92 Å². The molecule has 7 amide bonds. The van der Waals surface area contributed by atoms with Crippen molar-refractivity contribution >= 4 is 77.1 Å². The molecule has 0 aromatic rings. The minimum absolute atomic E-state index is 0.0112. The lowest BCUT2D eigenvalue weighted by molar-refractivity contribution is -0.137. The van der Waals surface area contributed by atoms with Crippen molar-refractivity contribution in [2.75, 3.05) is 39.3 Å². The number of guanidine groups is 6. The third-order valence-corrected chi connectivity index (χ3v) is 9.42. The second kappa shape index (κ2) is 35.2. The Balaban J connectivity index is 6.94. The molecule has 0 aliphatic carbocycles. The highest BCUT2D eigenvalue weighted by molar-refractivity contribution is 6.00. The number of imide groups is 1. The van der Waals surface area contributed by atoms with E-state index in [1.165, 1.54) is 0 Å². The van der Waals surface area contributed by atoms with Crippen molar-refractivity contribution in [2.24, 2.45) is 98.8 Å². The fourth-order valence-electron chi connectivity index (χ4n) is 6.10. The molecule has 32 heteroatoms. The molecule has 0 saturated heterocycles. The van der Waals surface area contributed by atoms with Crippen LogP contribution in [0.2, 0.25) is 0 Å². The Hall–Kier alpha value is -7.93. The van der Waals surface area contributed by atoms with Gasteiger partial charge in [-0.2, -0.15) is 0 Å². The van der Waals surface area contributed by atoms with Crippen LogP contribution in [0.1, 0.15) is 84.0 Å². The molecule has 0 radical (unpaired) electrons. The number of nitrogens with zero attached hydrogens (tertiary/aromatic N) is 6. The third-order valence-electron chi connectivity index (χ3n) is 9.42. The fourth-order valence-corrected chi connectivity index (χ4v) is 6.10. The second-order valence-electron chi connectivity index (χ2n) is 15.6. The zero-order valence-electron chi connectivity index (χ0n) is 39.6. The molecule has 396 valence electrons. The van der Waals surface area contributed by atoms with Gasteiger partial charge in [-0.25, -0.2) is 0 Å². The molecule has 0 rings (SSSR count). The Morgan fingerprint density at radius 1 is 0.343 bits per heavy atom. The van der Waals surface area contributed by atoms with Gasteiger partial charge in [0.15, 0.2) is 35.8 Å². The molecule has 31 N–H and O–H groups in total. The monoisotopic (exact) mass is 997 g/mol. The fraction of sp³-hybridized carbons (Fsp3) is 0.658. The molecule has 32 nitrogen and oxygen atoms in total. The Kier molecular flexibility index (Phi) is 31.3. The molecule has 0 aromatic carbocycles. The van der Waals surface area contributed by atoms with Crippen molar-refractivity contribution in [1.82, 2.24) is 31.9 Å². The van der Waals surface area contributed by atoms with Crippen LogP contribution in [-0.4, -0.2) is 158 Å². The van der Waals surface area contributed by atoms with Crippen LogP contribution >= 0.6 is 0 Å². The highest BCUT2D eigenvalue weighted by Crippen LogP contribution is 2.10. The number of nitrogens with two attached hydrogens (primary N) is 12. The second-order valence-corrected chi connectivity index (χ2v) is 15.6. The van der Waals surface area contributed by atoms with E-state index in [9.17, 15) is 38.7 Å². The smallest absolute Gasteiger partial charge is 0.249 e. The normalized spacial score (nSPS) is 13.1. The minimum Gasteiger partial charge on any atom is -0.383 e. The number of aliphatic imine (C=N–C) groups is 6. The molecule has 0 aromatic heterocycles. The Bertz CT molecular complexity index is 1870. The summed E-state index contributed by atoms with van der Waals surface area (Å²) in [5, 5.41) is 25.6. The number of carbonyl (C=O) groups excluding carboxylic acids is 7. The summed E-state index contributed by atoms with van der Waals surface area (Å²) in [7, 11) is 0. The molecule has 0 aliphatic rings. The summed E-state index contributed by atoms with van der Waals surface area (Å²) >= 11 is 0. The van der Waals surface area contributed by atoms with Gasteiger partial charge in [-0.3, -0.25) is 68.8 Å². The lowest BCUT2D eigenvalue weighted by atomic mass is 10.0. The van der Waals surface area contributed by atoms with Gasteiger partial charge in [-0.15, -0.1) is 0 Å². The van der Waals surface area contributed by atoms with E-state index in [2.05, 4.69) is 61.9 Å². The van der Waals surface area contributed by atoms with Gasteiger partial charge >= 0.3 is 0 Å². The van der Waals surface area contributed by atoms with Gasteiger partial charge in [-0.05, 0) is 77.0 Å². The van der Waals surface area contributed by atoms with E-state index in [0.29, 0.717) is 0 Å². The zero-order valence-corrected chi connectivity index (χ0v) is 39.6. The molecule has 0 fully saturated rings. The van der Waals surface area contributed by atoms with Gasteiger partial charge in [0, 0.05) is 46.2 Å². The number of amides is 7. The predicted molar refractivity (Wildman–Crippen MR) is 264 cm³/mol. The molecule has 0 bridgehead atoms. The maximum Gasteiger partial charge on any atom is 0.249 e. The van der Waals surface area contributed by atoms with E-state index in [-0.39, 0.29) is 152 Å². The van der Waals surface area contributed by atoms with Crippen LogP contribution in [0.3, 0.4) is 0 Å². The maximum atomic E-state index is 14.2. The van der Waals surface area contributed by atoms with E-state index in [4.69, 9.17) is 68.8 Å². The number of aliphatic hydroxyl groups excluding tert-OH is 1. The topological polar surface area (TPSA) is 598 Å². The van der Waals surface area contributed by atoms with Crippen LogP contribution in [0, 0.1) is 0 Å². The highest BCUT2D eigenvalue weighted by Gasteiger charge is 2.33. The molecular weight excluding hydrogens is 921 g/mol. The summed E-state index contributed by atoms with van der Waals surface area (Å²) in [6, 6.07) is -6.85. The zero-order chi connectivity index (χ0) is 53.2. The lowest BCUT2D eigenvalue weighted by Crippen LogP contribution is -2.59. The molecule has 0 spiro atoms. The summed E-state index contributed by atoms with van der Waals surface area (Å²) in [6.45, 7) is 1.42. The number of carbonyl (C=O) groups is 7. The van der Waals surface area contributed by atoms with Gasteiger partial charge in [0.1, 0.15) is 36.3 Å². The SMILES string of the molecule is CC(=O)NC(=O)[C@@H](CCCN=C(N)N)NC(=O)[C@@H](CCCN=C(N)N)NC(=O)[C@@H](CCCN=C(N)N)NC(=O)[C@@H](CCCN=C(N)N)NC(=O)[C@@H](CCCN=C(N)N)NC(=O)[C@H](O)CCCN=C(N)N. The average molecular weight is 997 g/mol.